The number of rotatable bonds is 8. The van der Waals surface area contributed by atoms with Crippen molar-refractivity contribution in [2.45, 2.75) is 19.9 Å². The quantitative estimate of drug-likeness (QED) is 0.398. The molecular formula is C23H29FN4O3. The smallest absolute Gasteiger partial charge is 0.265 e. The van der Waals surface area contributed by atoms with Gasteiger partial charge in [0.25, 0.3) is 5.91 Å². The Morgan fingerprint density at radius 3 is 2.87 bits per heavy atom. The Morgan fingerprint density at radius 1 is 1.32 bits per heavy atom. The first-order chi connectivity index (χ1) is 15.0. The number of carbonyl (C=O) groups is 1. The molecule has 1 N–H and O–H groups in total. The SMILES string of the molecule is CCNC(=NCCCN1C(=O)COc2ccccc21)N(C)Cc1ccc(OC)c(F)c1. The van der Waals surface area contributed by atoms with Crippen molar-refractivity contribution in [3.05, 3.63) is 53.8 Å². The van der Waals surface area contributed by atoms with Crippen LogP contribution < -0.4 is 19.7 Å². The predicted octanol–water partition coefficient (Wildman–Crippen LogP) is 3.05. The number of anilines is 1. The highest BCUT2D eigenvalue weighted by Gasteiger charge is 2.24. The Labute approximate surface area is 182 Å². The van der Waals surface area contributed by atoms with Gasteiger partial charge in [0.2, 0.25) is 0 Å². The number of nitrogens with zero attached hydrogens (tertiary/aromatic N) is 3. The molecular weight excluding hydrogens is 399 g/mol. The predicted molar refractivity (Wildman–Crippen MR) is 119 cm³/mol. The van der Waals surface area contributed by atoms with Crippen molar-refractivity contribution in [1.29, 1.82) is 0 Å². The first-order valence-corrected chi connectivity index (χ1v) is 10.4. The highest BCUT2D eigenvalue weighted by Crippen LogP contribution is 2.31. The molecule has 0 saturated heterocycles. The first-order valence-electron chi connectivity index (χ1n) is 10.4. The molecule has 166 valence electrons. The van der Waals surface area contributed by atoms with E-state index in [1.54, 1.807) is 11.0 Å². The monoisotopic (exact) mass is 428 g/mol. The van der Waals surface area contributed by atoms with E-state index in [-0.39, 0.29) is 24.1 Å². The van der Waals surface area contributed by atoms with Crippen molar-refractivity contribution in [1.82, 2.24) is 10.2 Å². The molecule has 2 aromatic rings. The second kappa shape index (κ2) is 10.7. The Hall–Kier alpha value is -3.29. The third-order valence-corrected chi connectivity index (χ3v) is 4.94. The maximum atomic E-state index is 14.0. The number of benzene rings is 2. The normalized spacial score (nSPS) is 13.5. The second-order valence-electron chi connectivity index (χ2n) is 7.22. The largest absolute Gasteiger partial charge is 0.494 e. The summed E-state index contributed by atoms with van der Waals surface area (Å²) in [6, 6.07) is 12.5. The van der Waals surface area contributed by atoms with Crippen molar-refractivity contribution in [3.63, 3.8) is 0 Å². The lowest BCUT2D eigenvalue weighted by Crippen LogP contribution is -2.40. The van der Waals surface area contributed by atoms with Gasteiger partial charge < -0.3 is 24.6 Å². The van der Waals surface area contributed by atoms with E-state index in [1.165, 1.54) is 13.2 Å². The molecule has 7 nitrogen and oxygen atoms in total. The van der Waals surface area contributed by atoms with Gasteiger partial charge in [0.1, 0.15) is 5.75 Å². The zero-order valence-electron chi connectivity index (χ0n) is 18.2. The number of amides is 1. The summed E-state index contributed by atoms with van der Waals surface area (Å²) in [6.07, 6.45) is 0.708. The lowest BCUT2D eigenvalue weighted by molar-refractivity contribution is -0.121. The van der Waals surface area contributed by atoms with Gasteiger partial charge in [-0.15, -0.1) is 0 Å². The highest BCUT2D eigenvalue weighted by atomic mass is 19.1. The van der Waals surface area contributed by atoms with Gasteiger partial charge in [-0.05, 0) is 43.2 Å². The third kappa shape index (κ3) is 5.65. The van der Waals surface area contributed by atoms with Gasteiger partial charge in [-0.2, -0.15) is 0 Å². The number of halogens is 1. The number of para-hydroxylation sites is 2. The molecule has 31 heavy (non-hydrogen) atoms. The second-order valence-corrected chi connectivity index (χ2v) is 7.22. The Bertz CT molecular complexity index is 935. The molecule has 0 fully saturated rings. The van der Waals surface area contributed by atoms with Crippen LogP contribution in [0.15, 0.2) is 47.5 Å². The van der Waals surface area contributed by atoms with E-state index in [9.17, 15) is 9.18 Å². The maximum absolute atomic E-state index is 14.0. The Kier molecular flexibility index (Phi) is 7.70. The van der Waals surface area contributed by atoms with Gasteiger partial charge in [0.15, 0.2) is 24.1 Å². The maximum Gasteiger partial charge on any atom is 0.265 e. The van der Waals surface area contributed by atoms with E-state index in [4.69, 9.17) is 9.47 Å². The number of methoxy groups -OCH3 is 1. The van der Waals surface area contributed by atoms with Gasteiger partial charge in [0.05, 0.1) is 12.8 Å². The van der Waals surface area contributed by atoms with Crippen molar-refractivity contribution >= 4 is 17.6 Å². The minimum absolute atomic E-state index is 0.0479. The number of hydrogen-bond donors (Lipinski definition) is 1. The highest BCUT2D eigenvalue weighted by molar-refractivity contribution is 5.97. The van der Waals surface area contributed by atoms with Crippen molar-refractivity contribution < 1.29 is 18.7 Å². The van der Waals surface area contributed by atoms with Crippen LogP contribution in [0, 0.1) is 5.82 Å². The molecule has 0 atom stereocenters. The fourth-order valence-electron chi connectivity index (χ4n) is 3.44. The number of ether oxygens (including phenoxy) is 2. The van der Waals surface area contributed by atoms with Gasteiger partial charge in [-0.3, -0.25) is 9.79 Å². The number of hydrogen-bond acceptors (Lipinski definition) is 4. The fraction of sp³-hybridized carbons (Fsp3) is 0.391. The van der Waals surface area contributed by atoms with Crippen LogP contribution in [0.25, 0.3) is 0 Å². The summed E-state index contributed by atoms with van der Waals surface area (Å²) in [4.78, 5) is 20.7. The summed E-state index contributed by atoms with van der Waals surface area (Å²) in [7, 11) is 3.36. The van der Waals surface area contributed by atoms with E-state index >= 15 is 0 Å². The Balaban J connectivity index is 1.59. The van der Waals surface area contributed by atoms with Crippen LogP contribution >= 0.6 is 0 Å². The van der Waals surface area contributed by atoms with Crippen molar-refractivity contribution in [3.8, 4) is 11.5 Å². The molecule has 0 radical (unpaired) electrons. The number of carbonyl (C=O) groups excluding carboxylic acids is 1. The van der Waals surface area contributed by atoms with Gasteiger partial charge in [-0.1, -0.05) is 18.2 Å². The topological polar surface area (TPSA) is 66.4 Å². The van der Waals surface area contributed by atoms with Gasteiger partial charge >= 0.3 is 0 Å². The molecule has 1 aliphatic heterocycles. The Morgan fingerprint density at radius 2 is 2.13 bits per heavy atom. The van der Waals surface area contributed by atoms with E-state index < -0.39 is 0 Å². The molecule has 3 rings (SSSR count). The summed E-state index contributed by atoms with van der Waals surface area (Å²) in [5.41, 5.74) is 1.62. The standard InChI is InChI=1S/C23H29FN4O3/c1-4-25-23(27(2)15-17-10-11-20(30-3)18(24)14-17)26-12-7-13-28-19-8-5-6-9-21(19)31-16-22(28)29/h5-6,8-11,14H,4,7,12-13,15-16H2,1-3H3,(H,25,26). The average molecular weight is 429 g/mol. The lowest BCUT2D eigenvalue weighted by Gasteiger charge is -2.29. The van der Waals surface area contributed by atoms with Crippen LogP contribution in [0.3, 0.4) is 0 Å². The zero-order valence-corrected chi connectivity index (χ0v) is 18.2. The molecule has 2 aromatic carbocycles. The van der Waals surface area contributed by atoms with E-state index in [2.05, 4.69) is 10.3 Å². The van der Waals surface area contributed by atoms with Crippen molar-refractivity contribution in [2.75, 3.05) is 45.3 Å². The summed E-state index contributed by atoms with van der Waals surface area (Å²) < 4.78 is 24.4. The molecule has 0 aromatic heterocycles. The third-order valence-electron chi connectivity index (χ3n) is 4.94. The van der Waals surface area contributed by atoms with Crippen LogP contribution in [0.1, 0.15) is 18.9 Å². The summed E-state index contributed by atoms with van der Waals surface area (Å²) in [5, 5.41) is 3.26. The van der Waals surface area contributed by atoms with E-state index in [0.717, 1.165) is 29.5 Å². The molecule has 0 spiro atoms. The molecule has 0 bridgehead atoms. The molecule has 1 amide bonds. The minimum Gasteiger partial charge on any atom is -0.494 e. The summed E-state index contributed by atoms with van der Waals surface area (Å²) in [5.74, 6) is 1.25. The number of nitrogens with one attached hydrogen (secondary N) is 1. The van der Waals surface area contributed by atoms with Gasteiger partial charge in [-0.25, -0.2) is 4.39 Å². The fourth-order valence-corrected chi connectivity index (χ4v) is 3.44. The van der Waals surface area contributed by atoms with E-state index in [1.807, 2.05) is 49.2 Å². The number of fused-ring (bicyclic) bond motifs is 1. The average Bonchev–Trinajstić information content (AvgIpc) is 2.77. The number of aliphatic imine (C=N–C) groups is 1. The number of guanidine groups is 1. The zero-order chi connectivity index (χ0) is 22.2. The molecule has 0 aliphatic carbocycles. The molecule has 8 heteroatoms. The van der Waals surface area contributed by atoms with Crippen molar-refractivity contribution in [2.24, 2.45) is 4.99 Å². The summed E-state index contributed by atoms with van der Waals surface area (Å²) in [6.45, 7) is 4.40. The summed E-state index contributed by atoms with van der Waals surface area (Å²) >= 11 is 0. The molecule has 1 heterocycles. The minimum atomic E-state index is -0.384. The van der Waals surface area contributed by atoms with Crippen LogP contribution in [0.5, 0.6) is 11.5 Å². The van der Waals surface area contributed by atoms with Crippen LogP contribution in [-0.4, -0.2) is 57.2 Å². The van der Waals surface area contributed by atoms with Gasteiger partial charge in [0, 0.05) is 33.2 Å². The molecule has 1 aliphatic rings. The van der Waals surface area contributed by atoms with Crippen LogP contribution in [-0.2, 0) is 11.3 Å². The van der Waals surface area contributed by atoms with E-state index in [0.29, 0.717) is 26.1 Å². The first kappa shape index (κ1) is 22.4. The molecule has 0 unspecified atom stereocenters. The molecule has 0 saturated carbocycles. The van der Waals surface area contributed by atoms with Crippen LogP contribution in [0.4, 0.5) is 10.1 Å². The van der Waals surface area contributed by atoms with Crippen LogP contribution in [0.2, 0.25) is 0 Å². The lowest BCUT2D eigenvalue weighted by atomic mass is 10.2.